The van der Waals surface area contributed by atoms with Crippen LogP contribution in [-0.4, -0.2) is 55.5 Å². The molecule has 0 saturated carbocycles. The van der Waals surface area contributed by atoms with Gasteiger partial charge in [-0.15, -0.1) is 0 Å². The molecular weight excluding hydrogens is 412 g/mol. The van der Waals surface area contributed by atoms with Crippen LogP contribution in [0.4, 0.5) is 4.79 Å². The second-order valence-electron chi connectivity index (χ2n) is 7.82. The minimum atomic E-state index is -1.16. The summed E-state index contributed by atoms with van der Waals surface area (Å²) in [6.45, 7) is 1.86. The number of ether oxygens (including phenoxy) is 2. The minimum Gasteiger partial charge on any atom is -0.480 e. The lowest BCUT2D eigenvalue weighted by molar-refractivity contribution is -0.143. The van der Waals surface area contributed by atoms with Gasteiger partial charge in [0.15, 0.2) is 6.04 Å². The Kier molecular flexibility index (Phi) is 7.83. The lowest BCUT2D eigenvalue weighted by Gasteiger charge is -2.18. The third-order valence-corrected chi connectivity index (χ3v) is 5.48. The van der Waals surface area contributed by atoms with E-state index in [0.29, 0.717) is 6.42 Å². The molecule has 2 aromatic carbocycles. The van der Waals surface area contributed by atoms with Crippen molar-refractivity contribution >= 4 is 18.0 Å². The van der Waals surface area contributed by atoms with Gasteiger partial charge >= 0.3 is 12.1 Å². The summed E-state index contributed by atoms with van der Waals surface area (Å²) >= 11 is 0. The van der Waals surface area contributed by atoms with E-state index in [0.717, 1.165) is 22.3 Å². The first kappa shape index (κ1) is 23.3. The number of hydrogen-bond donors (Lipinski definition) is 3. The molecule has 8 nitrogen and oxygen atoms in total. The molecule has 1 aliphatic rings. The normalized spacial score (nSPS) is 14.1. The molecule has 8 heteroatoms. The third-order valence-electron chi connectivity index (χ3n) is 5.48. The zero-order valence-corrected chi connectivity index (χ0v) is 18.2. The van der Waals surface area contributed by atoms with Crippen LogP contribution in [0.3, 0.4) is 0 Å². The molecule has 3 rings (SSSR count). The number of aliphatic carboxylic acids is 1. The highest BCUT2D eigenvalue weighted by Crippen LogP contribution is 2.44. The maximum atomic E-state index is 12.3. The van der Waals surface area contributed by atoms with Crippen LogP contribution in [0.5, 0.6) is 0 Å². The molecule has 2 atom stereocenters. The van der Waals surface area contributed by atoms with Crippen LogP contribution in [0.2, 0.25) is 0 Å². The average Bonchev–Trinajstić information content (AvgIpc) is 3.10. The molecule has 0 bridgehead atoms. The van der Waals surface area contributed by atoms with Crippen molar-refractivity contribution in [2.75, 3.05) is 20.3 Å². The van der Waals surface area contributed by atoms with Crippen LogP contribution in [0, 0.1) is 0 Å². The van der Waals surface area contributed by atoms with Gasteiger partial charge in [0.05, 0.1) is 6.61 Å². The lowest BCUT2D eigenvalue weighted by Crippen LogP contribution is -2.44. The van der Waals surface area contributed by atoms with Gasteiger partial charge in [-0.3, -0.25) is 4.79 Å². The molecule has 2 amide bonds. The average molecular weight is 440 g/mol. The van der Waals surface area contributed by atoms with E-state index in [9.17, 15) is 14.4 Å². The van der Waals surface area contributed by atoms with E-state index in [1.165, 1.54) is 7.11 Å². The molecule has 2 aromatic rings. The van der Waals surface area contributed by atoms with Crippen LogP contribution in [0.15, 0.2) is 48.5 Å². The monoisotopic (exact) mass is 440 g/mol. The minimum absolute atomic E-state index is 0.0250. The predicted molar refractivity (Wildman–Crippen MR) is 118 cm³/mol. The molecular formula is C24H28N2O6. The number of hydrogen-bond acceptors (Lipinski definition) is 5. The summed E-state index contributed by atoms with van der Waals surface area (Å²) in [5.74, 6) is -1.61. The molecule has 0 fully saturated rings. The van der Waals surface area contributed by atoms with Crippen LogP contribution in [0.25, 0.3) is 11.1 Å². The Bertz CT molecular complexity index is 931. The third kappa shape index (κ3) is 5.64. The zero-order chi connectivity index (χ0) is 23.1. The fourth-order valence-electron chi connectivity index (χ4n) is 3.87. The standard InChI is InChI=1S/C24H28N2O6/c1-15(11-12-22(27)26-21(14-31-2)23(28)29)25-24(30)32-13-20-18-9-5-3-7-16(18)17-8-4-6-10-19(17)20/h3-10,15,20-21H,11-14H2,1-2H3,(H,25,30)(H,26,27)(H,28,29). The van der Waals surface area contributed by atoms with Gasteiger partial charge in [-0.05, 0) is 35.6 Å². The number of fused-ring (bicyclic) bond motifs is 3. The van der Waals surface area contributed by atoms with E-state index in [1.807, 2.05) is 24.3 Å². The van der Waals surface area contributed by atoms with Crippen LogP contribution in [0.1, 0.15) is 36.8 Å². The highest BCUT2D eigenvalue weighted by Gasteiger charge is 2.29. The van der Waals surface area contributed by atoms with Crippen molar-refractivity contribution in [1.29, 1.82) is 0 Å². The Morgan fingerprint density at radius 3 is 2.16 bits per heavy atom. The van der Waals surface area contributed by atoms with Crippen molar-refractivity contribution in [3.8, 4) is 11.1 Å². The van der Waals surface area contributed by atoms with Gasteiger partial charge in [-0.1, -0.05) is 48.5 Å². The largest absolute Gasteiger partial charge is 0.480 e. The van der Waals surface area contributed by atoms with E-state index >= 15 is 0 Å². The van der Waals surface area contributed by atoms with Crippen LogP contribution in [-0.2, 0) is 19.1 Å². The maximum absolute atomic E-state index is 12.3. The number of amides is 2. The summed E-state index contributed by atoms with van der Waals surface area (Å²) in [5.41, 5.74) is 4.58. The Morgan fingerprint density at radius 2 is 1.59 bits per heavy atom. The molecule has 1 aliphatic carbocycles. The summed E-state index contributed by atoms with van der Waals surface area (Å²) in [7, 11) is 1.36. The Hall–Kier alpha value is -3.39. The SMILES string of the molecule is COCC(NC(=O)CCC(C)NC(=O)OCC1c2ccccc2-c2ccccc21)C(=O)O. The quantitative estimate of drug-likeness (QED) is 0.524. The second kappa shape index (κ2) is 10.8. The fourth-order valence-corrected chi connectivity index (χ4v) is 3.87. The fraction of sp³-hybridized carbons (Fsp3) is 0.375. The number of carbonyl (C=O) groups is 3. The van der Waals surface area contributed by atoms with Crippen molar-refractivity contribution in [2.24, 2.45) is 0 Å². The highest BCUT2D eigenvalue weighted by molar-refractivity contribution is 5.83. The number of carboxylic acid groups (broad SMARTS) is 1. The Labute approximate surface area is 186 Å². The molecule has 0 spiro atoms. The van der Waals surface area contributed by atoms with Crippen LogP contribution < -0.4 is 10.6 Å². The smallest absolute Gasteiger partial charge is 0.407 e. The molecule has 0 aliphatic heterocycles. The van der Waals surface area contributed by atoms with Crippen molar-refractivity contribution in [2.45, 2.75) is 37.8 Å². The lowest BCUT2D eigenvalue weighted by atomic mass is 9.98. The number of carbonyl (C=O) groups excluding carboxylic acids is 2. The molecule has 0 saturated heterocycles. The number of methoxy groups -OCH3 is 1. The summed E-state index contributed by atoms with van der Waals surface area (Å²) in [6.07, 6.45) is -0.143. The van der Waals surface area contributed by atoms with Gasteiger partial charge in [0.25, 0.3) is 0 Å². The van der Waals surface area contributed by atoms with Gasteiger partial charge in [0.2, 0.25) is 5.91 Å². The molecule has 0 heterocycles. The molecule has 32 heavy (non-hydrogen) atoms. The summed E-state index contributed by atoms with van der Waals surface area (Å²) < 4.78 is 10.3. The molecule has 0 aromatic heterocycles. The van der Waals surface area contributed by atoms with Gasteiger partial charge in [-0.25, -0.2) is 9.59 Å². The van der Waals surface area contributed by atoms with Gasteiger partial charge in [-0.2, -0.15) is 0 Å². The number of nitrogens with one attached hydrogen (secondary N) is 2. The first-order valence-corrected chi connectivity index (χ1v) is 10.5. The molecule has 0 radical (unpaired) electrons. The Balaban J connectivity index is 1.47. The summed E-state index contributed by atoms with van der Waals surface area (Å²) in [4.78, 5) is 35.4. The highest BCUT2D eigenvalue weighted by atomic mass is 16.5. The van der Waals surface area contributed by atoms with Gasteiger partial charge < -0.3 is 25.2 Å². The van der Waals surface area contributed by atoms with Gasteiger partial charge in [0, 0.05) is 25.5 Å². The van der Waals surface area contributed by atoms with E-state index in [4.69, 9.17) is 14.6 Å². The number of benzene rings is 2. The van der Waals surface area contributed by atoms with E-state index in [-0.39, 0.29) is 31.6 Å². The van der Waals surface area contributed by atoms with E-state index < -0.39 is 24.0 Å². The Morgan fingerprint density at radius 1 is 1.00 bits per heavy atom. The number of rotatable bonds is 10. The molecule has 3 N–H and O–H groups in total. The maximum Gasteiger partial charge on any atom is 0.407 e. The van der Waals surface area contributed by atoms with E-state index in [2.05, 4.69) is 34.9 Å². The van der Waals surface area contributed by atoms with Crippen molar-refractivity contribution < 1.29 is 29.0 Å². The molecule has 2 unspecified atom stereocenters. The van der Waals surface area contributed by atoms with Crippen molar-refractivity contribution in [3.05, 3.63) is 59.7 Å². The van der Waals surface area contributed by atoms with E-state index in [1.54, 1.807) is 6.92 Å². The second-order valence-corrected chi connectivity index (χ2v) is 7.82. The molecule has 170 valence electrons. The number of alkyl carbamates (subject to hydrolysis) is 1. The topological polar surface area (TPSA) is 114 Å². The van der Waals surface area contributed by atoms with Crippen LogP contribution >= 0.6 is 0 Å². The predicted octanol–water partition coefficient (Wildman–Crippen LogP) is 2.91. The first-order chi connectivity index (χ1) is 15.4. The number of carboxylic acids is 1. The van der Waals surface area contributed by atoms with Crippen molar-refractivity contribution in [3.63, 3.8) is 0 Å². The first-order valence-electron chi connectivity index (χ1n) is 10.5. The summed E-state index contributed by atoms with van der Waals surface area (Å²) in [5, 5.41) is 14.2. The summed E-state index contributed by atoms with van der Waals surface area (Å²) in [6, 6.07) is 14.8. The zero-order valence-electron chi connectivity index (χ0n) is 18.2. The van der Waals surface area contributed by atoms with Gasteiger partial charge in [0.1, 0.15) is 6.61 Å². The van der Waals surface area contributed by atoms with Crippen molar-refractivity contribution in [1.82, 2.24) is 10.6 Å².